The Hall–Kier alpha value is -3.21. The van der Waals surface area contributed by atoms with Crippen molar-refractivity contribution in [3.05, 3.63) is 84.4 Å². The van der Waals surface area contributed by atoms with Crippen molar-refractivity contribution in [2.75, 3.05) is 6.54 Å². The lowest BCUT2D eigenvalue weighted by Gasteiger charge is -2.10. The Morgan fingerprint density at radius 3 is 2.72 bits per heavy atom. The molecule has 8 nitrogen and oxygen atoms in total. The minimum Gasteiger partial charge on any atom is -0.444 e. The van der Waals surface area contributed by atoms with E-state index in [4.69, 9.17) is 4.42 Å². The highest BCUT2D eigenvalue weighted by atomic mass is 127. The number of aliphatic imine (C=N–C) groups is 1. The highest BCUT2D eigenvalue weighted by Crippen LogP contribution is 2.19. The van der Waals surface area contributed by atoms with E-state index in [-0.39, 0.29) is 24.0 Å². The summed E-state index contributed by atoms with van der Waals surface area (Å²) in [5, 5.41) is 6.57. The second-order valence-corrected chi connectivity index (χ2v) is 7.05. The SMILES string of the molecule is CCNC(=NCc1ccnc(-n2ccnc2)c1)NCc1coc(-c2ccc(C)cc2)n1.I. The molecule has 3 aromatic heterocycles. The minimum absolute atomic E-state index is 0. The molecule has 0 radical (unpaired) electrons. The molecule has 1 aromatic carbocycles. The van der Waals surface area contributed by atoms with Crippen LogP contribution < -0.4 is 10.6 Å². The third-order valence-corrected chi connectivity index (χ3v) is 4.63. The maximum absolute atomic E-state index is 5.63. The number of nitrogens with zero attached hydrogens (tertiary/aromatic N) is 5. The molecule has 0 aliphatic carbocycles. The van der Waals surface area contributed by atoms with Gasteiger partial charge in [0.25, 0.3) is 0 Å². The molecule has 166 valence electrons. The number of hydrogen-bond acceptors (Lipinski definition) is 5. The van der Waals surface area contributed by atoms with E-state index >= 15 is 0 Å². The topological polar surface area (TPSA) is 93.2 Å². The lowest BCUT2D eigenvalue weighted by atomic mass is 10.1. The largest absolute Gasteiger partial charge is 0.444 e. The molecule has 0 aliphatic rings. The average Bonchev–Trinajstić information content (AvgIpc) is 3.49. The van der Waals surface area contributed by atoms with Crippen molar-refractivity contribution in [2.24, 2.45) is 4.99 Å². The first-order chi connectivity index (χ1) is 15.2. The summed E-state index contributed by atoms with van der Waals surface area (Å²) in [6, 6.07) is 12.1. The van der Waals surface area contributed by atoms with Crippen molar-refractivity contribution in [3.63, 3.8) is 0 Å². The van der Waals surface area contributed by atoms with Gasteiger partial charge in [0, 0.05) is 30.7 Å². The predicted octanol–water partition coefficient (Wildman–Crippen LogP) is 4.10. The van der Waals surface area contributed by atoms with Gasteiger partial charge < -0.3 is 15.1 Å². The maximum atomic E-state index is 5.63. The number of nitrogens with one attached hydrogen (secondary N) is 2. The summed E-state index contributed by atoms with van der Waals surface area (Å²) in [5.74, 6) is 2.14. The number of aromatic nitrogens is 4. The van der Waals surface area contributed by atoms with Gasteiger partial charge in [0.15, 0.2) is 5.96 Å². The summed E-state index contributed by atoms with van der Waals surface area (Å²) >= 11 is 0. The number of guanidine groups is 1. The molecule has 0 fully saturated rings. The lowest BCUT2D eigenvalue weighted by molar-refractivity contribution is 0.572. The second-order valence-electron chi connectivity index (χ2n) is 7.05. The van der Waals surface area contributed by atoms with Gasteiger partial charge in [-0.25, -0.2) is 19.9 Å². The standard InChI is InChI=1S/C23H25N7O.HI/c1-3-25-23(27-13-18-8-9-26-21(12-18)30-11-10-24-16-30)28-14-20-15-31-22(29-20)19-6-4-17(2)5-7-19;/h4-12,15-16H,3,13-14H2,1-2H3,(H2,25,27,28);1H. The van der Waals surface area contributed by atoms with Gasteiger partial charge in [0.05, 0.1) is 18.8 Å². The predicted molar refractivity (Wildman–Crippen MR) is 135 cm³/mol. The van der Waals surface area contributed by atoms with E-state index in [1.54, 1.807) is 25.0 Å². The molecule has 3 heterocycles. The van der Waals surface area contributed by atoms with Crippen molar-refractivity contribution in [1.29, 1.82) is 0 Å². The van der Waals surface area contributed by atoms with Crippen LogP contribution in [-0.2, 0) is 13.1 Å². The van der Waals surface area contributed by atoms with Gasteiger partial charge in [-0.05, 0) is 43.7 Å². The fraction of sp³-hybridized carbons (Fsp3) is 0.217. The van der Waals surface area contributed by atoms with Gasteiger partial charge >= 0.3 is 0 Å². The van der Waals surface area contributed by atoms with Crippen LogP contribution in [-0.4, -0.2) is 32.0 Å². The molecule has 4 aromatic rings. The molecule has 0 amide bonds. The second kappa shape index (κ2) is 11.4. The smallest absolute Gasteiger partial charge is 0.226 e. The quantitative estimate of drug-likeness (QED) is 0.207. The number of hydrogen-bond donors (Lipinski definition) is 2. The first-order valence-electron chi connectivity index (χ1n) is 10.2. The van der Waals surface area contributed by atoms with Crippen LogP contribution in [0.2, 0.25) is 0 Å². The summed E-state index contributed by atoms with van der Waals surface area (Å²) < 4.78 is 7.50. The molecule has 0 saturated carbocycles. The summed E-state index contributed by atoms with van der Waals surface area (Å²) in [6.07, 6.45) is 8.77. The minimum atomic E-state index is 0. The van der Waals surface area contributed by atoms with E-state index in [0.29, 0.717) is 24.9 Å². The summed E-state index contributed by atoms with van der Waals surface area (Å²) in [7, 11) is 0. The Bertz CT molecular complexity index is 1140. The van der Waals surface area contributed by atoms with Crippen LogP contribution in [0.3, 0.4) is 0 Å². The molecule has 2 N–H and O–H groups in total. The molecular formula is C23H26IN7O. The fourth-order valence-electron chi connectivity index (χ4n) is 3.00. The molecule has 0 atom stereocenters. The zero-order valence-corrected chi connectivity index (χ0v) is 20.4. The van der Waals surface area contributed by atoms with Gasteiger partial charge in [-0.2, -0.15) is 0 Å². The van der Waals surface area contributed by atoms with Crippen molar-refractivity contribution in [1.82, 2.24) is 30.2 Å². The van der Waals surface area contributed by atoms with E-state index in [1.807, 2.05) is 54.1 Å². The van der Waals surface area contributed by atoms with Crippen LogP contribution in [0.1, 0.15) is 23.7 Å². The molecular weight excluding hydrogens is 517 g/mol. The van der Waals surface area contributed by atoms with E-state index in [1.165, 1.54) is 5.56 Å². The lowest BCUT2D eigenvalue weighted by Crippen LogP contribution is -2.36. The third-order valence-electron chi connectivity index (χ3n) is 4.63. The van der Waals surface area contributed by atoms with E-state index in [0.717, 1.165) is 29.2 Å². The van der Waals surface area contributed by atoms with E-state index < -0.39 is 0 Å². The summed E-state index contributed by atoms with van der Waals surface area (Å²) in [4.78, 5) is 17.7. The number of imidazole rings is 1. The Morgan fingerprint density at radius 1 is 1.12 bits per heavy atom. The summed E-state index contributed by atoms with van der Waals surface area (Å²) in [5.41, 5.74) is 4.03. The third kappa shape index (κ3) is 6.16. The van der Waals surface area contributed by atoms with Crippen molar-refractivity contribution in [3.8, 4) is 17.3 Å². The van der Waals surface area contributed by atoms with Crippen LogP contribution in [0.25, 0.3) is 17.3 Å². The number of rotatable bonds is 7. The van der Waals surface area contributed by atoms with Crippen molar-refractivity contribution >= 4 is 29.9 Å². The van der Waals surface area contributed by atoms with Gasteiger partial charge in [-0.3, -0.25) is 4.57 Å². The number of oxazole rings is 1. The number of halogens is 1. The molecule has 32 heavy (non-hydrogen) atoms. The van der Waals surface area contributed by atoms with Crippen LogP contribution in [0, 0.1) is 6.92 Å². The van der Waals surface area contributed by atoms with Gasteiger partial charge in [0.2, 0.25) is 5.89 Å². The Kier molecular flexibility index (Phi) is 8.37. The highest BCUT2D eigenvalue weighted by molar-refractivity contribution is 14.0. The molecule has 9 heteroatoms. The summed E-state index contributed by atoms with van der Waals surface area (Å²) in [6.45, 7) is 5.88. The zero-order chi connectivity index (χ0) is 21.5. The molecule has 4 rings (SSSR count). The van der Waals surface area contributed by atoms with Gasteiger partial charge in [-0.15, -0.1) is 24.0 Å². The van der Waals surface area contributed by atoms with E-state index in [9.17, 15) is 0 Å². The number of benzene rings is 1. The van der Waals surface area contributed by atoms with Crippen LogP contribution in [0.5, 0.6) is 0 Å². The monoisotopic (exact) mass is 543 g/mol. The Morgan fingerprint density at radius 2 is 1.97 bits per heavy atom. The fourth-order valence-corrected chi connectivity index (χ4v) is 3.00. The maximum Gasteiger partial charge on any atom is 0.226 e. The van der Waals surface area contributed by atoms with Crippen LogP contribution in [0.4, 0.5) is 0 Å². The number of aryl methyl sites for hydroxylation is 1. The molecule has 0 aliphatic heterocycles. The molecule has 0 unspecified atom stereocenters. The Labute approximate surface area is 204 Å². The zero-order valence-electron chi connectivity index (χ0n) is 18.0. The van der Waals surface area contributed by atoms with Gasteiger partial charge in [0.1, 0.15) is 18.4 Å². The van der Waals surface area contributed by atoms with Gasteiger partial charge in [-0.1, -0.05) is 17.7 Å². The first-order valence-corrected chi connectivity index (χ1v) is 10.2. The first kappa shape index (κ1) is 23.5. The average molecular weight is 543 g/mol. The highest BCUT2D eigenvalue weighted by Gasteiger charge is 2.07. The van der Waals surface area contributed by atoms with Crippen molar-refractivity contribution < 1.29 is 4.42 Å². The van der Waals surface area contributed by atoms with Crippen molar-refractivity contribution in [2.45, 2.75) is 26.9 Å². The van der Waals surface area contributed by atoms with E-state index in [2.05, 4.69) is 37.5 Å². The number of pyridine rings is 1. The van der Waals surface area contributed by atoms with Crippen LogP contribution >= 0.6 is 24.0 Å². The molecule has 0 bridgehead atoms. The molecule has 0 spiro atoms. The Balaban J connectivity index is 0.00000289. The molecule has 0 saturated heterocycles. The van der Waals surface area contributed by atoms with Crippen LogP contribution in [0.15, 0.2) is 77.0 Å². The normalized spacial score (nSPS) is 11.1.